The topological polar surface area (TPSA) is 50.4 Å². The third kappa shape index (κ3) is 7.54. The molecule has 1 aromatic rings. The molecule has 1 atom stereocenters. The second-order valence-corrected chi connectivity index (χ2v) is 7.71. The number of amides is 1. The second-order valence-electron chi connectivity index (χ2n) is 5.42. The quantitative estimate of drug-likeness (QED) is 0.855. The van der Waals surface area contributed by atoms with E-state index in [-0.39, 0.29) is 12.1 Å². The van der Waals surface area contributed by atoms with Crippen LogP contribution in [0.15, 0.2) is 15.2 Å². The van der Waals surface area contributed by atoms with Crippen LogP contribution in [-0.4, -0.2) is 24.3 Å². The van der Waals surface area contributed by atoms with Gasteiger partial charge in [-0.05, 0) is 60.6 Å². The van der Waals surface area contributed by atoms with Crippen molar-refractivity contribution in [2.24, 2.45) is 0 Å². The Morgan fingerprint density at radius 1 is 1.53 bits per heavy atom. The van der Waals surface area contributed by atoms with Crippen LogP contribution >= 0.6 is 27.3 Å². The molecule has 0 aliphatic carbocycles. The number of hydrogen-bond acceptors (Lipinski definition) is 4. The molecule has 1 rings (SSSR count). The van der Waals surface area contributed by atoms with Gasteiger partial charge in [0, 0.05) is 19.1 Å². The predicted octanol–water partition coefficient (Wildman–Crippen LogP) is 3.51. The summed E-state index contributed by atoms with van der Waals surface area (Å²) in [5.41, 5.74) is 0.782. The van der Waals surface area contributed by atoms with Gasteiger partial charge in [0.05, 0.1) is 3.79 Å². The van der Waals surface area contributed by atoms with Gasteiger partial charge in [-0.2, -0.15) is 0 Å². The Labute approximate surface area is 127 Å². The van der Waals surface area contributed by atoms with E-state index < -0.39 is 5.60 Å². The Kier molecular flexibility index (Phi) is 6.29. The van der Waals surface area contributed by atoms with Crippen LogP contribution < -0.4 is 10.6 Å². The van der Waals surface area contributed by atoms with Gasteiger partial charge in [0.25, 0.3) is 0 Å². The molecule has 4 nitrogen and oxygen atoms in total. The lowest BCUT2D eigenvalue weighted by Gasteiger charge is -2.21. The average Bonchev–Trinajstić information content (AvgIpc) is 2.67. The molecule has 0 aliphatic heterocycles. The number of carbonyl (C=O) groups excluding carboxylic acids is 1. The first kappa shape index (κ1) is 16.5. The number of rotatable bonds is 5. The summed E-state index contributed by atoms with van der Waals surface area (Å²) in [4.78, 5) is 11.5. The Hall–Kier alpha value is -0.590. The van der Waals surface area contributed by atoms with E-state index in [0.29, 0.717) is 6.54 Å². The molecule has 1 amide bonds. The van der Waals surface area contributed by atoms with Gasteiger partial charge in [-0.25, -0.2) is 4.79 Å². The average molecular weight is 349 g/mol. The first-order chi connectivity index (χ1) is 8.76. The van der Waals surface area contributed by atoms with E-state index in [4.69, 9.17) is 4.74 Å². The Bertz CT molecular complexity index is 415. The lowest BCUT2D eigenvalue weighted by atomic mass is 10.2. The molecule has 2 N–H and O–H groups in total. The van der Waals surface area contributed by atoms with Crippen molar-refractivity contribution in [3.63, 3.8) is 0 Å². The molecule has 6 heteroatoms. The summed E-state index contributed by atoms with van der Waals surface area (Å²) < 4.78 is 6.30. The first-order valence-electron chi connectivity index (χ1n) is 6.19. The van der Waals surface area contributed by atoms with Crippen molar-refractivity contribution < 1.29 is 9.53 Å². The minimum Gasteiger partial charge on any atom is -0.444 e. The lowest BCUT2D eigenvalue weighted by molar-refractivity contribution is 0.0523. The van der Waals surface area contributed by atoms with E-state index in [0.717, 1.165) is 10.3 Å². The number of hydrogen-bond donors (Lipinski definition) is 2. The Morgan fingerprint density at radius 3 is 2.74 bits per heavy atom. The van der Waals surface area contributed by atoms with Crippen molar-refractivity contribution in [1.29, 1.82) is 0 Å². The van der Waals surface area contributed by atoms with Crippen LogP contribution in [0.3, 0.4) is 0 Å². The van der Waals surface area contributed by atoms with Crippen LogP contribution in [0.2, 0.25) is 0 Å². The summed E-state index contributed by atoms with van der Waals surface area (Å²) in [5, 5.41) is 8.20. The number of thiophene rings is 1. The molecule has 1 unspecified atom stereocenters. The van der Waals surface area contributed by atoms with E-state index in [1.54, 1.807) is 11.3 Å². The van der Waals surface area contributed by atoms with Crippen LogP contribution in [0, 0.1) is 0 Å². The highest BCUT2D eigenvalue weighted by molar-refractivity contribution is 9.11. The van der Waals surface area contributed by atoms with Crippen LogP contribution in [0.4, 0.5) is 4.79 Å². The maximum atomic E-state index is 11.5. The zero-order valence-electron chi connectivity index (χ0n) is 11.7. The minimum atomic E-state index is -0.455. The van der Waals surface area contributed by atoms with Gasteiger partial charge >= 0.3 is 6.09 Å². The molecule has 0 aliphatic rings. The van der Waals surface area contributed by atoms with Gasteiger partial charge in [-0.1, -0.05) is 0 Å². The number of alkyl carbamates (subject to hydrolysis) is 1. The Balaban J connectivity index is 2.21. The van der Waals surface area contributed by atoms with Gasteiger partial charge in [-0.3, -0.25) is 0 Å². The van der Waals surface area contributed by atoms with E-state index in [2.05, 4.69) is 38.0 Å². The van der Waals surface area contributed by atoms with Crippen molar-refractivity contribution in [1.82, 2.24) is 10.6 Å². The van der Waals surface area contributed by atoms with Crippen molar-refractivity contribution in [3.8, 4) is 0 Å². The standard InChI is InChI=1S/C13H21BrN2O2S/c1-9(6-16-12(17)18-13(2,3)4)15-7-10-5-11(14)19-8-10/h5,8-9,15H,6-7H2,1-4H3,(H,16,17). The molecule has 1 aromatic heterocycles. The molecule has 0 aromatic carbocycles. The summed E-state index contributed by atoms with van der Waals surface area (Å²) in [5.74, 6) is 0. The Morgan fingerprint density at radius 2 is 2.21 bits per heavy atom. The first-order valence-corrected chi connectivity index (χ1v) is 7.86. The van der Waals surface area contributed by atoms with Gasteiger partial charge in [0.2, 0.25) is 0 Å². The number of ether oxygens (including phenoxy) is 1. The summed E-state index contributed by atoms with van der Waals surface area (Å²) in [6.07, 6.45) is -0.376. The molecule has 1 heterocycles. The fourth-order valence-corrected chi connectivity index (χ4v) is 2.56. The van der Waals surface area contributed by atoms with E-state index in [9.17, 15) is 4.79 Å². The fourth-order valence-electron chi connectivity index (χ4n) is 1.35. The van der Waals surface area contributed by atoms with Crippen LogP contribution in [0.25, 0.3) is 0 Å². The van der Waals surface area contributed by atoms with Crippen molar-refractivity contribution in [2.75, 3.05) is 6.54 Å². The molecule has 19 heavy (non-hydrogen) atoms. The van der Waals surface area contributed by atoms with Gasteiger partial charge in [0.1, 0.15) is 5.60 Å². The van der Waals surface area contributed by atoms with Crippen molar-refractivity contribution in [3.05, 3.63) is 20.8 Å². The maximum Gasteiger partial charge on any atom is 0.407 e. The van der Waals surface area contributed by atoms with Gasteiger partial charge < -0.3 is 15.4 Å². The van der Waals surface area contributed by atoms with Gasteiger partial charge in [-0.15, -0.1) is 11.3 Å². The summed E-state index contributed by atoms with van der Waals surface area (Å²) in [6.45, 7) is 8.91. The molecule has 0 fully saturated rings. The lowest BCUT2D eigenvalue weighted by Crippen LogP contribution is -2.40. The molecular weight excluding hydrogens is 328 g/mol. The number of halogens is 1. The molecule has 0 saturated carbocycles. The molecule has 0 radical (unpaired) electrons. The van der Waals surface area contributed by atoms with Crippen LogP contribution in [-0.2, 0) is 11.3 Å². The molecule has 0 saturated heterocycles. The number of nitrogens with one attached hydrogen (secondary N) is 2. The summed E-state index contributed by atoms with van der Waals surface area (Å²) in [7, 11) is 0. The normalized spacial score (nSPS) is 13.1. The highest BCUT2D eigenvalue weighted by atomic mass is 79.9. The van der Waals surface area contributed by atoms with Crippen LogP contribution in [0.1, 0.15) is 33.3 Å². The second kappa shape index (κ2) is 7.26. The zero-order chi connectivity index (χ0) is 14.5. The third-order valence-corrected chi connectivity index (χ3v) is 3.78. The maximum absolute atomic E-state index is 11.5. The number of carbonyl (C=O) groups is 1. The van der Waals surface area contributed by atoms with E-state index in [1.165, 1.54) is 5.56 Å². The van der Waals surface area contributed by atoms with Crippen molar-refractivity contribution >= 4 is 33.4 Å². The molecule has 0 spiro atoms. The zero-order valence-corrected chi connectivity index (χ0v) is 14.2. The van der Waals surface area contributed by atoms with Crippen molar-refractivity contribution in [2.45, 2.75) is 45.9 Å². The third-order valence-electron chi connectivity index (χ3n) is 2.23. The smallest absolute Gasteiger partial charge is 0.407 e. The fraction of sp³-hybridized carbons (Fsp3) is 0.615. The molecular formula is C13H21BrN2O2S. The van der Waals surface area contributed by atoms with Crippen LogP contribution in [0.5, 0.6) is 0 Å². The minimum absolute atomic E-state index is 0.186. The summed E-state index contributed by atoms with van der Waals surface area (Å²) in [6, 6.07) is 2.28. The van der Waals surface area contributed by atoms with E-state index in [1.807, 2.05) is 27.7 Å². The van der Waals surface area contributed by atoms with Gasteiger partial charge in [0.15, 0.2) is 0 Å². The highest BCUT2D eigenvalue weighted by Gasteiger charge is 2.16. The predicted molar refractivity (Wildman–Crippen MR) is 82.6 cm³/mol. The monoisotopic (exact) mass is 348 g/mol. The SMILES string of the molecule is CC(CNC(=O)OC(C)(C)C)NCc1csc(Br)c1. The largest absolute Gasteiger partial charge is 0.444 e. The highest BCUT2D eigenvalue weighted by Crippen LogP contribution is 2.20. The molecule has 0 bridgehead atoms. The summed E-state index contributed by atoms with van der Waals surface area (Å²) >= 11 is 5.10. The van der Waals surface area contributed by atoms with E-state index >= 15 is 0 Å². The molecule has 108 valence electrons.